The van der Waals surface area contributed by atoms with Crippen molar-refractivity contribution in [3.05, 3.63) is 35.9 Å². The number of ether oxygens (including phenoxy) is 1. The predicted molar refractivity (Wildman–Crippen MR) is 89.4 cm³/mol. The fourth-order valence-electron chi connectivity index (χ4n) is 3.47. The van der Waals surface area contributed by atoms with Crippen molar-refractivity contribution in [3.63, 3.8) is 0 Å². The summed E-state index contributed by atoms with van der Waals surface area (Å²) < 4.78 is 6.51. The van der Waals surface area contributed by atoms with Gasteiger partial charge in [-0.25, -0.2) is 0 Å². The van der Waals surface area contributed by atoms with E-state index in [9.17, 15) is 0 Å². The van der Waals surface area contributed by atoms with E-state index in [1.165, 1.54) is 24.8 Å². The molecule has 0 spiro atoms. The van der Waals surface area contributed by atoms with Crippen LogP contribution in [0.25, 0.3) is 0 Å². The normalized spacial score (nSPS) is 27.8. The van der Waals surface area contributed by atoms with Gasteiger partial charge in [0.05, 0.1) is 12.2 Å². The van der Waals surface area contributed by atoms with Crippen LogP contribution in [0.1, 0.15) is 58.6 Å². The first-order valence-corrected chi connectivity index (χ1v) is 8.48. The van der Waals surface area contributed by atoms with Crippen molar-refractivity contribution >= 4 is 0 Å². The van der Waals surface area contributed by atoms with Crippen molar-refractivity contribution in [2.45, 2.75) is 65.2 Å². The fourth-order valence-corrected chi connectivity index (χ4v) is 3.47. The smallest absolute Gasteiger partial charge is 0.0953 e. The third-order valence-corrected chi connectivity index (χ3v) is 4.37. The maximum absolute atomic E-state index is 6.51. The molecule has 1 aliphatic carbocycles. The Morgan fingerprint density at radius 1 is 1.05 bits per heavy atom. The molecular weight excluding hydrogens is 258 g/mol. The quantitative estimate of drug-likeness (QED) is 0.828. The molecule has 0 aromatic heterocycles. The van der Waals surface area contributed by atoms with Gasteiger partial charge in [0.15, 0.2) is 0 Å². The van der Waals surface area contributed by atoms with Crippen molar-refractivity contribution in [3.8, 4) is 0 Å². The average molecular weight is 289 g/mol. The molecular formula is C19H31NO. The first kappa shape index (κ1) is 16.5. The summed E-state index contributed by atoms with van der Waals surface area (Å²) in [6, 6.07) is 11.1. The molecule has 3 atom stereocenters. The van der Waals surface area contributed by atoms with E-state index in [4.69, 9.17) is 4.74 Å². The molecule has 1 saturated carbocycles. The van der Waals surface area contributed by atoms with Crippen molar-refractivity contribution in [1.82, 2.24) is 5.32 Å². The number of hydrogen-bond acceptors (Lipinski definition) is 2. The van der Waals surface area contributed by atoms with Crippen molar-refractivity contribution < 1.29 is 4.74 Å². The first-order valence-electron chi connectivity index (χ1n) is 8.48. The highest BCUT2D eigenvalue weighted by atomic mass is 16.5. The first-order chi connectivity index (χ1) is 10.0. The Morgan fingerprint density at radius 2 is 1.67 bits per heavy atom. The highest BCUT2D eigenvalue weighted by Crippen LogP contribution is 2.33. The van der Waals surface area contributed by atoms with E-state index in [0.29, 0.717) is 12.1 Å². The minimum Gasteiger partial charge on any atom is -0.369 e. The van der Waals surface area contributed by atoms with Gasteiger partial charge in [-0.15, -0.1) is 0 Å². The van der Waals surface area contributed by atoms with Crippen molar-refractivity contribution in [1.29, 1.82) is 0 Å². The summed E-state index contributed by atoms with van der Waals surface area (Å²) in [6.45, 7) is 9.98. The van der Waals surface area contributed by atoms with Crippen molar-refractivity contribution in [2.75, 3.05) is 6.54 Å². The van der Waals surface area contributed by atoms with Crippen molar-refractivity contribution in [2.24, 2.45) is 11.8 Å². The molecule has 21 heavy (non-hydrogen) atoms. The maximum Gasteiger partial charge on any atom is 0.0953 e. The molecule has 0 aliphatic heterocycles. The summed E-state index contributed by atoms with van der Waals surface area (Å²) in [5, 5.41) is 3.53. The molecule has 1 aliphatic rings. The van der Waals surface area contributed by atoms with Crippen LogP contribution < -0.4 is 5.32 Å². The van der Waals surface area contributed by atoms with Gasteiger partial charge in [-0.2, -0.15) is 0 Å². The zero-order valence-corrected chi connectivity index (χ0v) is 14.0. The number of nitrogens with one attached hydrogen (secondary N) is 1. The van der Waals surface area contributed by atoms with E-state index in [0.717, 1.165) is 18.4 Å². The summed E-state index contributed by atoms with van der Waals surface area (Å²) >= 11 is 0. The minimum atomic E-state index is 0.163. The molecule has 0 amide bonds. The van der Waals surface area contributed by atoms with E-state index in [1.54, 1.807) is 0 Å². The predicted octanol–water partition coefficient (Wildman–Crippen LogP) is 4.57. The highest BCUT2D eigenvalue weighted by molar-refractivity contribution is 5.18. The summed E-state index contributed by atoms with van der Waals surface area (Å²) in [4.78, 5) is 0. The Morgan fingerprint density at radius 3 is 2.24 bits per heavy atom. The monoisotopic (exact) mass is 289 g/mol. The van der Waals surface area contributed by atoms with Crippen LogP contribution in [0.5, 0.6) is 0 Å². The van der Waals surface area contributed by atoms with E-state index < -0.39 is 0 Å². The SMILES string of the molecule is CC1CC(C)CC(OC(CNC(C)C)c2ccccc2)C1. The van der Waals surface area contributed by atoms with Gasteiger partial charge in [-0.05, 0) is 36.7 Å². The molecule has 2 rings (SSSR count). The van der Waals surface area contributed by atoms with Gasteiger partial charge >= 0.3 is 0 Å². The Balaban J connectivity index is 2.01. The van der Waals surface area contributed by atoms with Gasteiger partial charge in [0.2, 0.25) is 0 Å². The lowest BCUT2D eigenvalue weighted by atomic mass is 9.81. The third kappa shape index (κ3) is 5.44. The van der Waals surface area contributed by atoms with Crippen LogP contribution in [0, 0.1) is 11.8 Å². The van der Waals surface area contributed by atoms with Crippen LogP contribution in [-0.4, -0.2) is 18.7 Å². The van der Waals surface area contributed by atoms with Gasteiger partial charge in [0.25, 0.3) is 0 Å². The van der Waals surface area contributed by atoms with Gasteiger partial charge in [-0.1, -0.05) is 58.0 Å². The highest BCUT2D eigenvalue weighted by Gasteiger charge is 2.27. The second-order valence-corrected chi connectivity index (χ2v) is 7.14. The van der Waals surface area contributed by atoms with E-state index in [2.05, 4.69) is 63.3 Å². The number of hydrogen-bond donors (Lipinski definition) is 1. The Labute approximate surface area is 130 Å². The molecule has 1 aromatic rings. The molecule has 0 saturated heterocycles. The molecule has 0 bridgehead atoms. The van der Waals surface area contributed by atoms with Crippen LogP contribution in [0.15, 0.2) is 30.3 Å². The number of benzene rings is 1. The molecule has 1 aromatic carbocycles. The fraction of sp³-hybridized carbons (Fsp3) is 0.684. The second-order valence-electron chi connectivity index (χ2n) is 7.14. The standard InChI is InChI=1S/C19H31NO/c1-14(2)20-13-19(17-8-6-5-7-9-17)21-18-11-15(3)10-16(4)12-18/h5-9,14-16,18-20H,10-13H2,1-4H3. The Bertz CT molecular complexity index is 393. The van der Waals surface area contributed by atoms with Crippen LogP contribution >= 0.6 is 0 Å². The Kier molecular flexibility index (Phi) is 6.25. The van der Waals surface area contributed by atoms with Crippen LogP contribution in [0.2, 0.25) is 0 Å². The lowest BCUT2D eigenvalue weighted by molar-refractivity contribution is -0.0502. The largest absolute Gasteiger partial charge is 0.369 e. The molecule has 2 nitrogen and oxygen atoms in total. The van der Waals surface area contributed by atoms with E-state index >= 15 is 0 Å². The van der Waals surface area contributed by atoms with Gasteiger partial charge in [0.1, 0.15) is 0 Å². The summed E-state index contributed by atoms with van der Waals surface area (Å²) in [5.41, 5.74) is 1.29. The third-order valence-electron chi connectivity index (χ3n) is 4.37. The van der Waals surface area contributed by atoms with E-state index in [1.807, 2.05) is 0 Å². The zero-order chi connectivity index (χ0) is 15.2. The van der Waals surface area contributed by atoms with Crippen LogP contribution in [-0.2, 0) is 4.74 Å². The number of rotatable bonds is 6. The molecule has 118 valence electrons. The van der Waals surface area contributed by atoms with Gasteiger partial charge in [-0.3, -0.25) is 0 Å². The van der Waals surface area contributed by atoms with E-state index in [-0.39, 0.29) is 6.10 Å². The average Bonchev–Trinajstić information content (AvgIpc) is 2.43. The topological polar surface area (TPSA) is 21.3 Å². The molecule has 1 N–H and O–H groups in total. The lowest BCUT2D eigenvalue weighted by Crippen LogP contribution is -2.33. The maximum atomic E-state index is 6.51. The van der Waals surface area contributed by atoms with Crippen LogP contribution in [0.3, 0.4) is 0 Å². The summed E-state index contributed by atoms with van der Waals surface area (Å²) in [5.74, 6) is 1.57. The van der Waals surface area contributed by atoms with Gasteiger partial charge in [0, 0.05) is 12.6 Å². The molecule has 3 unspecified atom stereocenters. The zero-order valence-electron chi connectivity index (χ0n) is 14.0. The second kappa shape index (κ2) is 7.95. The molecule has 0 heterocycles. The Hall–Kier alpha value is -0.860. The lowest BCUT2D eigenvalue weighted by Gasteiger charge is -2.34. The summed E-state index contributed by atoms with van der Waals surface area (Å²) in [7, 11) is 0. The molecule has 0 radical (unpaired) electrons. The molecule has 2 heteroatoms. The van der Waals surface area contributed by atoms with Gasteiger partial charge < -0.3 is 10.1 Å². The summed E-state index contributed by atoms with van der Waals surface area (Å²) in [6.07, 6.45) is 4.32. The minimum absolute atomic E-state index is 0.163. The molecule has 1 fully saturated rings. The van der Waals surface area contributed by atoms with Crippen LogP contribution in [0.4, 0.5) is 0 Å².